The molecule has 3 nitrogen and oxygen atoms in total. The van der Waals surface area contributed by atoms with E-state index in [0.29, 0.717) is 19.1 Å². The molecular weight excluding hydrogens is 317 g/mol. The molecule has 2 aromatic rings. The predicted molar refractivity (Wildman–Crippen MR) is 95.1 cm³/mol. The van der Waals surface area contributed by atoms with E-state index >= 15 is 0 Å². The second-order valence-electron chi connectivity index (χ2n) is 5.94. The quantitative estimate of drug-likeness (QED) is 0.619. The molecule has 1 aliphatic rings. The molecule has 1 aromatic heterocycles. The Labute approximate surface area is 147 Å². The Balaban J connectivity index is 1.57. The number of benzene rings is 1. The van der Waals surface area contributed by atoms with Crippen LogP contribution >= 0.6 is 0 Å². The number of nitrogens with zero attached hydrogens (tertiary/aromatic N) is 1. The lowest BCUT2D eigenvalue weighted by Gasteiger charge is -2.26. The lowest BCUT2D eigenvalue weighted by molar-refractivity contribution is -0.169. The highest BCUT2D eigenvalue weighted by Crippen LogP contribution is 2.18. The van der Waals surface area contributed by atoms with Crippen LogP contribution in [0, 0.1) is 23.6 Å². The molecule has 2 heterocycles. The lowest BCUT2D eigenvalue weighted by Crippen LogP contribution is -2.31. The van der Waals surface area contributed by atoms with Gasteiger partial charge in [-0.3, -0.25) is 4.98 Å². The van der Waals surface area contributed by atoms with Gasteiger partial charge in [0.25, 0.3) is 0 Å². The van der Waals surface area contributed by atoms with Crippen molar-refractivity contribution in [1.29, 1.82) is 0 Å². The Morgan fingerprint density at radius 2 is 1.92 bits per heavy atom. The number of ether oxygens (including phenoxy) is 2. The first-order chi connectivity index (χ1) is 12.2. The average molecular weight is 337 g/mol. The van der Waals surface area contributed by atoms with E-state index < -0.39 is 6.29 Å². The second-order valence-corrected chi connectivity index (χ2v) is 5.94. The first kappa shape index (κ1) is 17.3. The van der Waals surface area contributed by atoms with E-state index in [1.54, 1.807) is 18.3 Å². The number of hydrogen-bond acceptors (Lipinski definition) is 3. The maximum atomic E-state index is 13.0. The maximum absolute atomic E-state index is 13.0. The largest absolute Gasteiger partial charge is 0.342 e. The summed E-state index contributed by atoms with van der Waals surface area (Å²) in [6.45, 7) is 5.05. The van der Waals surface area contributed by atoms with Gasteiger partial charge in [0.1, 0.15) is 5.82 Å². The molecule has 1 fully saturated rings. The first-order valence-corrected chi connectivity index (χ1v) is 8.32. The smallest absolute Gasteiger partial charge is 0.222 e. The Morgan fingerprint density at radius 3 is 2.56 bits per heavy atom. The zero-order valence-electron chi connectivity index (χ0n) is 14.0. The number of hydrogen-bond donors (Lipinski definition) is 0. The molecule has 0 aliphatic carbocycles. The van der Waals surface area contributed by atoms with E-state index in [0.717, 1.165) is 29.7 Å². The zero-order chi connectivity index (χ0) is 17.5. The highest BCUT2D eigenvalue weighted by atomic mass is 19.1. The van der Waals surface area contributed by atoms with Crippen LogP contribution in [0.2, 0.25) is 0 Å². The molecule has 128 valence electrons. The summed E-state index contributed by atoms with van der Waals surface area (Å²) >= 11 is 0. The summed E-state index contributed by atoms with van der Waals surface area (Å²) in [5.41, 5.74) is 2.43. The lowest BCUT2D eigenvalue weighted by atomic mass is 10.1. The standard InChI is InChI=1S/C21H20FNO2/c1-2-3-4-17-14-24-21(25-15-17)12-6-16-5-11-20(23-13-16)18-7-9-19(22)10-8-18/h2,5,7-11,13,17,21H,1,3-4,14-15H2. The third kappa shape index (κ3) is 4.99. The van der Waals surface area contributed by atoms with E-state index in [2.05, 4.69) is 23.4 Å². The van der Waals surface area contributed by atoms with Gasteiger partial charge >= 0.3 is 0 Å². The molecule has 1 aliphatic heterocycles. The molecule has 0 amide bonds. The molecule has 1 aromatic carbocycles. The first-order valence-electron chi connectivity index (χ1n) is 8.32. The summed E-state index contributed by atoms with van der Waals surface area (Å²) < 4.78 is 24.2. The molecule has 25 heavy (non-hydrogen) atoms. The van der Waals surface area contributed by atoms with Crippen LogP contribution in [-0.2, 0) is 9.47 Å². The van der Waals surface area contributed by atoms with E-state index in [9.17, 15) is 4.39 Å². The molecule has 0 saturated carbocycles. The van der Waals surface area contributed by atoms with Crippen molar-refractivity contribution in [3.8, 4) is 23.1 Å². The van der Waals surface area contributed by atoms with Crippen molar-refractivity contribution < 1.29 is 13.9 Å². The van der Waals surface area contributed by atoms with Crippen LogP contribution in [0.1, 0.15) is 18.4 Å². The monoisotopic (exact) mass is 337 g/mol. The van der Waals surface area contributed by atoms with Crippen molar-refractivity contribution in [2.75, 3.05) is 13.2 Å². The van der Waals surface area contributed by atoms with Crippen LogP contribution < -0.4 is 0 Å². The summed E-state index contributed by atoms with van der Waals surface area (Å²) in [5.74, 6) is 6.15. The van der Waals surface area contributed by atoms with Crippen molar-refractivity contribution >= 4 is 0 Å². The molecule has 0 N–H and O–H groups in total. The molecule has 3 rings (SSSR count). The van der Waals surface area contributed by atoms with Crippen LogP contribution in [0.3, 0.4) is 0 Å². The van der Waals surface area contributed by atoms with Gasteiger partial charge < -0.3 is 9.47 Å². The summed E-state index contributed by atoms with van der Waals surface area (Å²) in [4.78, 5) is 4.37. The minimum absolute atomic E-state index is 0.259. The summed E-state index contributed by atoms with van der Waals surface area (Å²) in [5, 5.41) is 0. The van der Waals surface area contributed by atoms with Gasteiger partial charge in [-0.25, -0.2) is 4.39 Å². The fourth-order valence-electron chi connectivity index (χ4n) is 2.55. The number of aromatic nitrogens is 1. The van der Waals surface area contributed by atoms with Crippen LogP contribution in [0.4, 0.5) is 4.39 Å². The molecule has 0 unspecified atom stereocenters. The third-order valence-corrected chi connectivity index (χ3v) is 3.98. The SMILES string of the molecule is C=CCCC1COC(C#Cc2ccc(-c3ccc(F)cc3)nc2)OC1. The molecule has 4 heteroatoms. The molecule has 1 saturated heterocycles. The van der Waals surface area contributed by atoms with Crippen molar-refractivity contribution in [2.24, 2.45) is 5.92 Å². The van der Waals surface area contributed by atoms with Gasteiger partial charge in [-0.2, -0.15) is 0 Å². The van der Waals surface area contributed by atoms with Crippen LogP contribution in [0.5, 0.6) is 0 Å². The van der Waals surface area contributed by atoms with E-state index in [1.807, 2.05) is 18.2 Å². The third-order valence-electron chi connectivity index (χ3n) is 3.98. The molecule has 0 spiro atoms. The Bertz CT molecular complexity index is 751. The van der Waals surface area contributed by atoms with Crippen molar-refractivity contribution in [2.45, 2.75) is 19.1 Å². The Hall–Kier alpha value is -2.48. The van der Waals surface area contributed by atoms with Gasteiger partial charge in [0.05, 0.1) is 18.9 Å². The molecular formula is C21H20FNO2. The van der Waals surface area contributed by atoms with Crippen LogP contribution in [-0.4, -0.2) is 24.5 Å². The topological polar surface area (TPSA) is 31.4 Å². The summed E-state index contributed by atoms with van der Waals surface area (Å²) in [7, 11) is 0. The summed E-state index contributed by atoms with van der Waals surface area (Å²) in [6.07, 6.45) is 5.12. The number of rotatable bonds is 4. The predicted octanol–water partition coefficient (Wildman–Crippen LogP) is 4.19. The zero-order valence-corrected chi connectivity index (χ0v) is 14.0. The molecule has 0 atom stereocenters. The van der Waals surface area contributed by atoms with Crippen molar-refractivity contribution in [3.05, 3.63) is 66.6 Å². The van der Waals surface area contributed by atoms with Crippen molar-refractivity contribution in [1.82, 2.24) is 4.98 Å². The highest BCUT2D eigenvalue weighted by Gasteiger charge is 2.19. The van der Waals surface area contributed by atoms with Gasteiger partial charge in [-0.15, -0.1) is 6.58 Å². The van der Waals surface area contributed by atoms with Gasteiger partial charge in [0.2, 0.25) is 6.29 Å². The highest BCUT2D eigenvalue weighted by molar-refractivity contribution is 5.59. The van der Waals surface area contributed by atoms with E-state index in [1.165, 1.54) is 12.1 Å². The maximum Gasteiger partial charge on any atom is 0.222 e. The Kier molecular flexibility index (Phi) is 5.95. The summed E-state index contributed by atoms with van der Waals surface area (Å²) in [6, 6.07) is 10.0. The Morgan fingerprint density at radius 1 is 1.16 bits per heavy atom. The fraction of sp³-hybridized carbons (Fsp3) is 0.286. The average Bonchev–Trinajstić information content (AvgIpc) is 2.67. The van der Waals surface area contributed by atoms with Crippen LogP contribution in [0.25, 0.3) is 11.3 Å². The van der Waals surface area contributed by atoms with E-state index in [4.69, 9.17) is 9.47 Å². The van der Waals surface area contributed by atoms with Crippen LogP contribution in [0.15, 0.2) is 55.3 Å². The van der Waals surface area contributed by atoms with Gasteiger partial charge in [0.15, 0.2) is 0 Å². The van der Waals surface area contributed by atoms with Gasteiger partial charge in [-0.05, 0) is 55.2 Å². The van der Waals surface area contributed by atoms with Crippen molar-refractivity contribution in [3.63, 3.8) is 0 Å². The van der Waals surface area contributed by atoms with E-state index in [-0.39, 0.29) is 5.82 Å². The number of allylic oxidation sites excluding steroid dienone is 1. The number of halogens is 1. The molecule has 0 radical (unpaired) electrons. The minimum atomic E-state index is -0.489. The number of pyridine rings is 1. The molecule has 0 bridgehead atoms. The second kappa shape index (κ2) is 8.57. The van der Waals surface area contributed by atoms with Gasteiger partial charge in [0, 0.05) is 23.2 Å². The van der Waals surface area contributed by atoms with Gasteiger partial charge in [-0.1, -0.05) is 12.0 Å². The normalized spacial score (nSPS) is 19.7. The fourth-order valence-corrected chi connectivity index (χ4v) is 2.55. The minimum Gasteiger partial charge on any atom is -0.342 e.